The van der Waals surface area contributed by atoms with Crippen LogP contribution in [0.15, 0.2) is 48.5 Å². The third-order valence-corrected chi connectivity index (χ3v) is 4.25. The molecule has 0 radical (unpaired) electrons. The van der Waals surface area contributed by atoms with E-state index in [0.717, 1.165) is 22.4 Å². The monoisotopic (exact) mass is 353 g/mol. The molecule has 2 amide bonds. The zero-order valence-corrected chi connectivity index (χ0v) is 16.0. The van der Waals surface area contributed by atoms with Crippen molar-refractivity contribution in [1.82, 2.24) is 9.80 Å². The summed E-state index contributed by atoms with van der Waals surface area (Å²) in [6.45, 7) is 4.90. The van der Waals surface area contributed by atoms with Crippen LogP contribution in [0.1, 0.15) is 16.7 Å². The second-order valence-corrected chi connectivity index (χ2v) is 6.72. The molecule has 26 heavy (non-hydrogen) atoms. The van der Waals surface area contributed by atoms with Crippen molar-refractivity contribution in [2.75, 3.05) is 32.5 Å². The van der Waals surface area contributed by atoms with E-state index in [2.05, 4.69) is 5.32 Å². The Balaban J connectivity index is 1.85. The highest BCUT2D eigenvalue weighted by Crippen LogP contribution is 2.19. The second kappa shape index (κ2) is 9.15. The standard InChI is InChI=1S/C21H27N3O2/c1-16-9-8-10-17(2)21(16)22-19(25)14-24(4)20(26)15-23(3)13-18-11-6-5-7-12-18/h5-12H,13-15H2,1-4H3,(H,22,25). The molecule has 0 unspecified atom stereocenters. The van der Waals surface area contributed by atoms with E-state index in [0.29, 0.717) is 6.54 Å². The quantitative estimate of drug-likeness (QED) is 0.833. The summed E-state index contributed by atoms with van der Waals surface area (Å²) in [5.74, 6) is -0.274. The van der Waals surface area contributed by atoms with Gasteiger partial charge in [-0.25, -0.2) is 0 Å². The van der Waals surface area contributed by atoms with Crippen molar-refractivity contribution in [3.8, 4) is 0 Å². The molecular weight excluding hydrogens is 326 g/mol. The van der Waals surface area contributed by atoms with Crippen molar-refractivity contribution in [2.24, 2.45) is 0 Å². The van der Waals surface area contributed by atoms with E-state index in [1.165, 1.54) is 4.90 Å². The molecule has 5 nitrogen and oxygen atoms in total. The van der Waals surface area contributed by atoms with Crippen LogP contribution in [0.4, 0.5) is 5.69 Å². The molecule has 0 atom stereocenters. The summed E-state index contributed by atoms with van der Waals surface area (Å²) >= 11 is 0. The molecule has 2 rings (SSSR count). The third kappa shape index (κ3) is 5.70. The van der Waals surface area contributed by atoms with Gasteiger partial charge in [-0.15, -0.1) is 0 Å². The molecule has 0 spiro atoms. The Labute approximate surface area is 155 Å². The van der Waals surface area contributed by atoms with Gasteiger partial charge in [0, 0.05) is 19.3 Å². The number of anilines is 1. The van der Waals surface area contributed by atoms with E-state index in [4.69, 9.17) is 0 Å². The van der Waals surface area contributed by atoms with E-state index in [1.807, 2.05) is 74.3 Å². The van der Waals surface area contributed by atoms with Gasteiger partial charge in [-0.2, -0.15) is 0 Å². The van der Waals surface area contributed by atoms with Crippen molar-refractivity contribution < 1.29 is 9.59 Å². The first-order chi connectivity index (χ1) is 12.4. The predicted molar refractivity (Wildman–Crippen MR) is 105 cm³/mol. The summed E-state index contributed by atoms with van der Waals surface area (Å²) in [6.07, 6.45) is 0. The maximum Gasteiger partial charge on any atom is 0.243 e. The van der Waals surface area contributed by atoms with E-state index < -0.39 is 0 Å². The van der Waals surface area contributed by atoms with Gasteiger partial charge in [0.15, 0.2) is 0 Å². The number of para-hydroxylation sites is 1. The van der Waals surface area contributed by atoms with Crippen molar-refractivity contribution in [1.29, 1.82) is 0 Å². The van der Waals surface area contributed by atoms with Gasteiger partial charge in [-0.3, -0.25) is 14.5 Å². The van der Waals surface area contributed by atoms with Gasteiger partial charge in [-0.05, 0) is 37.6 Å². The summed E-state index contributed by atoms with van der Waals surface area (Å²) in [5.41, 5.74) is 3.99. The molecule has 0 heterocycles. The Kier molecular flexibility index (Phi) is 6.92. The molecule has 0 aromatic heterocycles. The van der Waals surface area contributed by atoms with Crippen LogP contribution in [0.3, 0.4) is 0 Å². The van der Waals surface area contributed by atoms with Crippen molar-refractivity contribution in [2.45, 2.75) is 20.4 Å². The number of nitrogens with one attached hydrogen (secondary N) is 1. The summed E-state index contributed by atoms with van der Waals surface area (Å²) in [4.78, 5) is 28.1. The highest BCUT2D eigenvalue weighted by atomic mass is 16.2. The van der Waals surface area contributed by atoms with Gasteiger partial charge in [0.2, 0.25) is 11.8 Å². The minimum absolute atomic E-state index is 0.0335. The van der Waals surface area contributed by atoms with Crippen LogP contribution in [-0.2, 0) is 16.1 Å². The lowest BCUT2D eigenvalue weighted by molar-refractivity contribution is -0.134. The van der Waals surface area contributed by atoms with E-state index in [-0.39, 0.29) is 24.9 Å². The molecule has 0 bridgehead atoms. The number of hydrogen-bond donors (Lipinski definition) is 1. The molecule has 0 fully saturated rings. The Morgan fingerprint density at radius 3 is 2.12 bits per heavy atom. The van der Waals surface area contributed by atoms with Crippen molar-refractivity contribution in [3.63, 3.8) is 0 Å². The number of likely N-dealkylation sites (N-methyl/N-ethyl adjacent to an activating group) is 2. The number of rotatable bonds is 7. The lowest BCUT2D eigenvalue weighted by atomic mass is 10.1. The summed E-state index contributed by atoms with van der Waals surface area (Å²) in [5, 5.41) is 2.91. The van der Waals surface area contributed by atoms with Crippen molar-refractivity contribution >= 4 is 17.5 Å². The molecule has 0 saturated heterocycles. The minimum Gasteiger partial charge on any atom is -0.335 e. The Bertz CT molecular complexity index is 739. The van der Waals surface area contributed by atoms with Crippen LogP contribution in [0, 0.1) is 13.8 Å². The number of carbonyl (C=O) groups is 2. The van der Waals surface area contributed by atoms with Gasteiger partial charge in [0.05, 0.1) is 13.1 Å². The second-order valence-electron chi connectivity index (χ2n) is 6.72. The number of aryl methyl sites for hydroxylation is 2. The predicted octanol–water partition coefficient (Wildman–Crippen LogP) is 2.83. The maximum absolute atomic E-state index is 12.4. The van der Waals surface area contributed by atoms with Crippen LogP contribution in [0.25, 0.3) is 0 Å². The average molecular weight is 353 g/mol. The summed E-state index contributed by atoms with van der Waals surface area (Å²) in [7, 11) is 3.55. The zero-order valence-electron chi connectivity index (χ0n) is 16.0. The number of benzene rings is 2. The van der Waals surface area contributed by atoms with Gasteiger partial charge >= 0.3 is 0 Å². The van der Waals surface area contributed by atoms with Gasteiger partial charge in [0.1, 0.15) is 0 Å². The first-order valence-electron chi connectivity index (χ1n) is 8.69. The number of carbonyl (C=O) groups excluding carboxylic acids is 2. The van der Waals surface area contributed by atoms with Crippen LogP contribution in [0.2, 0.25) is 0 Å². The maximum atomic E-state index is 12.4. The molecule has 2 aromatic rings. The topological polar surface area (TPSA) is 52.7 Å². The van der Waals surface area contributed by atoms with Crippen LogP contribution < -0.4 is 5.32 Å². The molecular formula is C21H27N3O2. The van der Waals surface area contributed by atoms with Gasteiger partial charge < -0.3 is 10.2 Å². The highest BCUT2D eigenvalue weighted by molar-refractivity contribution is 5.95. The van der Waals surface area contributed by atoms with Gasteiger partial charge in [-0.1, -0.05) is 48.5 Å². The zero-order chi connectivity index (χ0) is 19.1. The number of nitrogens with zero attached hydrogens (tertiary/aromatic N) is 2. The molecule has 138 valence electrons. The molecule has 0 aliphatic carbocycles. The average Bonchev–Trinajstić information content (AvgIpc) is 2.59. The fourth-order valence-electron chi connectivity index (χ4n) is 2.80. The Morgan fingerprint density at radius 1 is 0.885 bits per heavy atom. The highest BCUT2D eigenvalue weighted by Gasteiger charge is 2.16. The normalized spacial score (nSPS) is 10.7. The van der Waals surface area contributed by atoms with E-state index >= 15 is 0 Å². The van der Waals surface area contributed by atoms with Crippen LogP contribution in [-0.4, -0.2) is 48.8 Å². The SMILES string of the molecule is Cc1cccc(C)c1NC(=O)CN(C)C(=O)CN(C)Cc1ccccc1. The molecule has 2 aromatic carbocycles. The lowest BCUT2D eigenvalue weighted by Crippen LogP contribution is -2.40. The smallest absolute Gasteiger partial charge is 0.243 e. The summed E-state index contributed by atoms with van der Waals surface area (Å²) < 4.78 is 0. The first-order valence-corrected chi connectivity index (χ1v) is 8.69. The van der Waals surface area contributed by atoms with E-state index in [1.54, 1.807) is 7.05 Å². The first kappa shape index (κ1) is 19.7. The van der Waals surface area contributed by atoms with Crippen LogP contribution in [0.5, 0.6) is 0 Å². The largest absolute Gasteiger partial charge is 0.335 e. The number of hydrogen-bond acceptors (Lipinski definition) is 3. The molecule has 5 heteroatoms. The van der Waals surface area contributed by atoms with Crippen LogP contribution >= 0.6 is 0 Å². The molecule has 0 saturated carbocycles. The fraction of sp³-hybridized carbons (Fsp3) is 0.333. The molecule has 0 aliphatic rings. The Morgan fingerprint density at radius 2 is 1.50 bits per heavy atom. The molecule has 1 N–H and O–H groups in total. The third-order valence-electron chi connectivity index (χ3n) is 4.25. The van der Waals surface area contributed by atoms with Gasteiger partial charge in [0.25, 0.3) is 0 Å². The van der Waals surface area contributed by atoms with E-state index in [9.17, 15) is 9.59 Å². The lowest BCUT2D eigenvalue weighted by Gasteiger charge is -2.22. The molecule has 0 aliphatic heterocycles. The number of amides is 2. The summed E-state index contributed by atoms with van der Waals surface area (Å²) in [6, 6.07) is 15.9. The fourth-order valence-corrected chi connectivity index (χ4v) is 2.80. The minimum atomic E-state index is -0.191. The van der Waals surface area contributed by atoms with Crippen molar-refractivity contribution in [3.05, 3.63) is 65.2 Å². The Hall–Kier alpha value is -2.66.